The zero-order chi connectivity index (χ0) is 13.3. The van der Waals surface area contributed by atoms with Crippen LogP contribution in [0.2, 0.25) is 0 Å². The number of hydrogen-bond acceptors (Lipinski definition) is 4. The van der Waals surface area contributed by atoms with Crippen LogP contribution >= 0.6 is 0 Å². The molecule has 2 rings (SSSR count). The number of nitrogens with zero attached hydrogens (tertiary/aromatic N) is 1. The van der Waals surface area contributed by atoms with Crippen molar-refractivity contribution < 1.29 is 13.2 Å². The summed E-state index contributed by atoms with van der Waals surface area (Å²) >= 11 is 0. The van der Waals surface area contributed by atoms with Gasteiger partial charge in [0, 0.05) is 18.4 Å². The molecule has 0 bridgehead atoms. The van der Waals surface area contributed by atoms with Gasteiger partial charge in [-0.15, -0.1) is 0 Å². The molecule has 1 aliphatic heterocycles. The molecule has 98 valence electrons. The lowest BCUT2D eigenvalue weighted by Crippen LogP contribution is -2.33. The maximum atomic E-state index is 12.2. The summed E-state index contributed by atoms with van der Waals surface area (Å²) in [5.74, 6) is -0.532. The second kappa shape index (κ2) is 4.61. The molecule has 1 aromatic carbocycles. The first-order valence-electron chi connectivity index (χ1n) is 5.72. The van der Waals surface area contributed by atoms with Crippen LogP contribution < -0.4 is 10.6 Å². The molecule has 1 unspecified atom stereocenters. The van der Waals surface area contributed by atoms with Crippen molar-refractivity contribution in [2.45, 2.75) is 6.42 Å². The number of rotatable bonds is 2. The second-order valence-electron chi connectivity index (χ2n) is 4.59. The van der Waals surface area contributed by atoms with Crippen molar-refractivity contribution in [2.75, 3.05) is 29.2 Å². The van der Waals surface area contributed by atoms with Gasteiger partial charge in [-0.2, -0.15) is 0 Å². The summed E-state index contributed by atoms with van der Waals surface area (Å²) in [4.78, 5) is 13.6. The van der Waals surface area contributed by atoms with Crippen LogP contribution in [0, 0.1) is 5.92 Å². The topological polar surface area (TPSA) is 80.5 Å². The van der Waals surface area contributed by atoms with Crippen LogP contribution in [0.3, 0.4) is 0 Å². The van der Waals surface area contributed by atoms with Crippen LogP contribution in [-0.4, -0.2) is 32.9 Å². The number of nitrogen functional groups attached to an aromatic ring is 1. The largest absolute Gasteiger partial charge is 0.399 e. The van der Waals surface area contributed by atoms with E-state index in [9.17, 15) is 13.2 Å². The Morgan fingerprint density at radius 3 is 2.72 bits per heavy atom. The van der Waals surface area contributed by atoms with E-state index < -0.39 is 15.8 Å². The van der Waals surface area contributed by atoms with Gasteiger partial charge in [0.2, 0.25) is 5.91 Å². The smallest absolute Gasteiger partial charge is 0.230 e. The average Bonchev–Trinajstić information content (AvgIpc) is 2.68. The molecule has 0 saturated carbocycles. The van der Waals surface area contributed by atoms with Crippen molar-refractivity contribution in [1.29, 1.82) is 0 Å². The first-order chi connectivity index (χ1) is 8.39. The van der Waals surface area contributed by atoms with Crippen molar-refractivity contribution in [3.63, 3.8) is 0 Å². The lowest BCUT2D eigenvalue weighted by Gasteiger charge is -2.20. The molecule has 1 fully saturated rings. The molecule has 1 atom stereocenters. The first kappa shape index (κ1) is 12.9. The molecule has 1 amide bonds. The van der Waals surface area contributed by atoms with Crippen LogP contribution in [0.25, 0.3) is 0 Å². The second-order valence-corrected chi connectivity index (χ2v) is 6.82. The lowest BCUT2D eigenvalue weighted by atomic mass is 10.1. The lowest BCUT2D eigenvalue weighted by molar-refractivity contribution is -0.121. The summed E-state index contributed by atoms with van der Waals surface area (Å²) in [6.45, 7) is 0. The van der Waals surface area contributed by atoms with Crippen LogP contribution in [-0.2, 0) is 14.6 Å². The van der Waals surface area contributed by atoms with Gasteiger partial charge in [-0.05, 0) is 24.6 Å². The molecule has 1 aliphatic rings. The van der Waals surface area contributed by atoms with Crippen molar-refractivity contribution in [3.05, 3.63) is 24.3 Å². The van der Waals surface area contributed by atoms with Gasteiger partial charge in [0.1, 0.15) is 0 Å². The van der Waals surface area contributed by atoms with Crippen LogP contribution in [0.4, 0.5) is 11.4 Å². The molecule has 18 heavy (non-hydrogen) atoms. The molecule has 6 heteroatoms. The first-order valence-corrected chi connectivity index (χ1v) is 7.55. The minimum absolute atomic E-state index is 0.0432. The molecule has 0 aliphatic carbocycles. The molecule has 0 aromatic heterocycles. The fourth-order valence-corrected chi connectivity index (χ4v) is 3.86. The standard InChI is InChI=1S/C12H16N2O3S/c1-14(11-4-2-3-10(13)7-11)12(15)9-5-6-18(16,17)8-9/h2-4,7,9H,5-6,8,13H2,1H3. The highest BCUT2D eigenvalue weighted by Gasteiger charge is 2.34. The zero-order valence-corrected chi connectivity index (χ0v) is 11.0. The predicted octanol–water partition coefficient (Wildman–Crippen LogP) is 0.666. The Morgan fingerprint density at radius 2 is 2.17 bits per heavy atom. The Balaban J connectivity index is 2.15. The van der Waals surface area contributed by atoms with Gasteiger partial charge in [0.15, 0.2) is 9.84 Å². The number of nitrogens with two attached hydrogens (primary N) is 1. The van der Waals surface area contributed by atoms with E-state index >= 15 is 0 Å². The molecule has 2 N–H and O–H groups in total. The Bertz CT molecular complexity index is 568. The molecule has 1 heterocycles. The van der Waals surface area contributed by atoms with Crippen LogP contribution in [0.15, 0.2) is 24.3 Å². The quantitative estimate of drug-likeness (QED) is 0.799. The van der Waals surface area contributed by atoms with Gasteiger partial charge < -0.3 is 10.6 Å². The summed E-state index contributed by atoms with van der Waals surface area (Å²) in [6, 6.07) is 6.97. The highest BCUT2D eigenvalue weighted by molar-refractivity contribution is 7.91. The molecule has 1 saturated heterocycles. The molecule has 1 aromatic rings. The SMILES string of the molecule is CN(C(=O)C1CCS(=O)(=O)C1)c1cccc(N)c1. The monoisotopic (exact) mass is 268 g/mol. The third kappa shape index (κ3) is 2.64. The maximum absolute atomic E-state index is 12.2. The molecule has 5 nitrogen and oxygen atoms in total. The Kier molecular flexibility index (Phi) is 3.30. The van der Waals surface area contributed by atoms with Crippen LogP contribution in [0.5, 0.6) is 0 Å². The normalized spacial score (nSPS) is 21.7. The Hall–Kier alpha value is -1.56. The van der Waals surface area contributed by atoms with Gasteiger partial charge in [0.05, 0.1) is 17.4 Å². The van der Waals surface area contributed by atoms with Gasteiger partial charge in [-0.3, -0.25) is 4.79 Å². The van der Waals surface area contributed by atoms with E-state index in [1.807, 2.05) is 0 Å². The van der Waals surface area contributed by atoms with Crippen molar-refractivity contribution in [1.82, 2.24) is 0 Å². The predicted molar refractivity (Wildman–Crippen MR) is 71.0 cm³/mol. The third-order valence-corrected chi connectivity index (χ3v) is 4.94. The van der Waals surface area contributed by atoms with E-state index in [1.165, 1.54) is 4.90 Å². The Morgan fingerprint density at radius 1 is 1.44 bits per heavy atom. The van der Waals surface area contributed by atoms with E-state index in [2.05, 4.69) is 0 Å². The zero-order valence-electron chi connectivity index (χ0n) is 10.2. The van der Waals surface area contributed by atoms with Crippen LogP contribution in [0.1, 0.15) is 6.42 Å². The molecular formula is C12H16N2O3S. The fraction of sp³-hybridized carbons (Fsp3) is 0.417. The molecule has 0 radical (unpaired) electrons. The number of hydrogen-bond donors (Lipinski definition) is 1. The Labute approximate surface area is 107 Å². The maximum Gasteiger partial charge on any atom is 0.230 e. The number of sulfone groups is 1. The average molecular weight is 268 g/mol. The van der Waals surface area contributed by atoms with Gasteiger partial charge in [-0.1, -0.05) is 6.07 Å². The summed E-state index contributed by atoms with van der Waals surface area (Å²) in [7, 11) is -1.40. The number of benzene rings is 1. The number of carbonyl (C=O) groups excluding carboxylic acids is 1. The van der Waals surface area contributed by atoms with Gasteiger partial charge in [0.25, 0.3) is 0 Å². The van der Waals surface area contributed by atoms with E-state index in [0.717, 1.165) is 0 Å². The van der Waals surface area contributed by atoms with Crippen molar-refractivity contribution >= 4 is 27.1 Å². The minimum Gasteiger partial charge on any atom is -0.399 e. The van der Waals surface area contributed by atoms with Crippen molar-refractivity contribution in [2.24, 2.45) is 5.92 Å². The summed E-state index contributed by atoms with van der Waals surface area (Å²) in [5.41, 5.74) is 6.92. The summed E-state index contributed by atoms with van der Waals surface area (Å²) in [5, 5.41) is 0. The number of anilines is 2. The number of carbonyl (C=O) groups is 1. The summed E-state index contributed by atoms with van der Waals surface area (Å²) < 4.78 is 22.7. The van der Waals surface area contributed by atoms with Crippen molar-refractivity contribution in [3.8, 4) is 0 Å². The van der Waals surface area contributed by atoms with E-state index in [-0.39, 0.29) is 17.4 Å². The minimum atomic E-state index is -3.04. The molecular weight excluding hydrogens is 252 g/mol. The van der Waals surface area contributed by atoms with Gasteiger partial charge >= 0.3 is 0 Å². The van der Waals surface area contributed by atoms with E-state index in [0.29, 0.717) is 17.8 Å². The van der Waals surface area contributed by atoms with Gasteiger partial charge in [-0.25, -0.2) is 8.42 Å². The third-order valence-electron chi connectivity index (χ3n) is 3.17. The fourth-order valence-electron chi connectivity index (χ4n) is 2.12. The van der Waals surface area contributed by atoms with E-state index in [1.54, 1.807) is 31.3 Å². The summed E-state index contributed by atoms with van der Waals surface area (Å²) in [6.07, 6.45) is 0.411. The molecule has 0 spiro atoms. The van der Waals surface area contributed by atoms with E-state index in [4.69, 9.17) is 5.73 Å². The highest BCUT2D eigenvalue weighted by Crippen LogP contribution is 2.24. The highest BCUT2D eigenvalue weighted by atomic mass is 32.2. The number of amides is 1.